The molecule has 3 aromatic heterocycles. The monoisotopic (exact) mass is 419 g/mol. The van der Waals surface area contributed by atoms with Crippen LogP contribution in [0.5, 0.6) is 5.75 Å². The Morgan fingerprint density at radius 1 is 1.26 bits per heavy atom. The van der Waals surface area contributed by atoms with Gasteiger partial charge in [-0.2, -0.15) is 10.1 Å². The van der Waals surface area contributed by atoms with E-state index in [-0.39, 0.29) is 11.9 Å². The van der Waals surface area contributed by atoms with Crippen molar-refractivity contribution in [1.29, 1.82) is 0 Å². The molecule has 0 aliphatic carbocycles. The van der Waals surface area contributed by atoms with Gasteiger partial charge in [-0.1, -0.05) is 12.1 Å². The topological polar surface area (TPSA) is 99.2 Å². The number of benzene rings is 1. The van der Waals surface area contributed by atoms with Gasteiger partial charge in [0.1, 0.15) is 23.9 Å². The Kier molecular flexibility index (Phi) is 5.66. The summed E-state index contributed by atoms with van der Waals surface area (Å²) in [6, 6.07) is 7.26. The number of imidazole rings is 1. The summed E-state index contributed by atoms with van der Waals surface area (Å²) >= 11 is 0. The Bertz CT molecular complexity index is 1230. The van der Waals surface area contributed by atoms with Gasteiger partial charge in [0, 0.05) is 37.3 Å². The molecule has 0 fully saturated rings. The number of methoxy groups -OCH3 is 1. The standard InChI is InChI=1S/C22H25N7O2/c1-14-18(15(2)29-22(26-14)24-13-25-29)8-9-19(30)27-20(21-23-10-11-28(21)3)16-6-5-7-17(12-16)31-4/h5-7,10-13,20H,8-9H2,1-4H3,(H,27,30). The third-order valence-electron chi connectivity index (χ3n) is 5.44. The highest BCUT2D eigenvalue weighted by Crippen LogP contribution is 2.24. The Morgan fingerprint density at radius 2 is 2.10 bits per heavy atom. The van der Waals surface area contributed by atoms with Crippen LogP contribution in [0.15, 0.2) is 43.0 Å². The van der Waals surface area contributed by atoms with Crippen molar-refractivity contribution in [1.82, 2.24) is 34.4 Å². The van der Waals surface area contributed by atoms with E-state index in [1.165, 1.54) is 6.33 Å². The van der Waals surface area contributed by atoms with E-state index in [1.807, 2.05) is 55.9 Å². The van der Waals surface area contributed by atoms with Gasteiger partial charge in [0.15, 0.2) is 0 Å². The average Bonchev–Trinajstić information content (AvgIpc) is 3.40. The molecular weight excluding hydrogens is 394 g/mol. The lowest BCUT2D eigenvalue weighted by molar-refractivity contribution is -0.121. The summed E-state index contributed by atoms with van der Waals surface area (Å²) in [5.41, 5.74) is 3.71. The van der Waals surface area contributed by atoms with E-state index in [2.05, 4.69) is 25.4 Å². The van der Waals surface area contributed by atoms with E-state index < -0.39 is 0 Å². The van der Waals surface area contributed by atoms with Crippen LogP contribution in [-0.2, 0) is 18.3 Å². The highest BCUT2D eigenvalue weighted by atomic mass is 16.5. The van der Waals surface area contributed by atoms with Gasteiger partial charge in [-0.15, -0.1) is 0 Å². The zero-order chi connectivity index (χ0) is 22.0. The first-order valence-electron chi connectivity index (χ1n) is 10.0. The summed E-state index contributed by atoms with van der Waals surface area (Å²) in [5, 5.41) is 7.35. The van der Waals surface area contributed by atoms with Crippen LogP contribution < -0.4 is 10.1 Å². The molecule has 4 rings (SSSR count). The third kappa shape index (κ3) is 4.11. The van der Waals surface area contributed by atoms with Crippen LogP contribution in [0, 0.1) is 13.8 Å². The zero-order valence-electron chi connectivity index (χ0n) is 18.0. The van der Waals surface area contributed by atoms with Crippen molar-refractivity contribution in [2.45, 2.75) is 32.7 Å². The Hall–Kier alpha value is -3.75. The van der Waals surface area contributed by atoms with Gasteiger partial charge in [0.2, 0.25) is 5.91 Å². The minimum atomic E-state index is -0.388. The van der Waals surface area contributed by atoms with Gasteiger partial charge in [-0.3, -0.25) is 4.79 Å². The highest BCUT2D eigenvalue weighted by molar-refractivity contribution is 5.77. The lowest BCUT2D eigenvalue weighted by Gasteiger charge is -2.20. The number of rotatable bonds is 7. The summed E-state index contributed by atoms with van der Waals surface area (Å²) in [6.07, 6.45) is 5.93. The normalized spacial score (nSPS) is 12.1. The minimum absolute atomic E-state index is 0.0756. The summed E-state index contributed by atoms with van der Waals surface area (Å²) < 4.78 is 8.96. The SMILES string of the molecule is COc1cccc(C(NC(=O)CCc2c(C)nc3ncnn3c2C)c2nccn2C)c1. The third-order valence-corrected chi connectivity index (χ3v) is 5.44. The molecule has 31 heavy (non-hydrogen) atoms. The number of fused-ring (bicyclic) bond motifs is 1. The fourth-order valence-electron chi connectivity index (χ4n) is 3.76. The fourth-order valence-corrected chi connectivity index (χ4v) is 3.76. The number of nitrogens with one attached hydrogen (secondary N) is 1. The molecule has 0 radical (unpaired) electrons. The molecule has 0 saturated carbocycles. The van der Waals surface area contributed by atoms with E-state index >= 15 is 0 Å². The molecule has 0 bridgehead atoms. The second-order valence-corrected chi connectivity index (χ2v) is 7.41. The maximum atomic E-state index is 13.0. The van der Waals surface area contributed by atoms with Crippen LogP contribution in [0.4, 0.5) is 0 Å². The molecule has 1 unspecified atom stereocenters. The molecule has 9 nitrogen and oxygen atoms in total. The van der Waals surface area contributed by atoms with E-state index in [4.69, 9.17) is 4.74 Å². The van der Waals surface area contributed by atoms with Gasteiger partial charge in [0.05, 0.1) is 7.11 Å². The number of hydrogen-bond donors (Lipinski definition) is 1. The molecule has 160 valence electrons. The molecule has 0 saturated heterocycles. The van der Waals surface area contributed by atoms with Crippen molar-refractivity contribution in [3.8, 4) is 5.75 Å². The second kappa shape index (κ2) is 8.55. The largest absolute Gasteiger partial charge is 0.497 e. The summed E-state index contributed by atoms with van der Waals surface area (Å²) in [4.78, 5) is 26.0. The van der Waals surface area contributed by atoms with Crippen molar-refractivity contribution < 1.29 is 9.53 Å². The van der Waals surface area contributed by atoms with Gasteiger partial charge in [0.25, 0.3) is 5.78 Å². The molecule has 1 aromatic carbocycles. The van der Waals surface area contributed by atoms with Crippen LogP contribution >= 0.6 is 0 Å². The van der Waals surface area contributed by atoms with E-state index in [0.29, 0.717) is 18.6 Å². The first-order chi connectivity index (χ1) is 15.0. The summed E-state index contributed by atoms with van der Waals surface area (Å²) in [6.45, 7) is 3.90. The van der Waals surface area contributed by atoms with Crippen LogP contribution in [0.1, 0.15) is 40.8 Å². The molecule has 1 amide bonds. The van der Waals surface area contributed by atoms with Crippen molar-refractivity contribution in [3.63, 3.8) is 0 Å². The molecule has 0 spiro atoms. The minimum Gasteiger partial charge on any atom is -0.497 e. The molecule has 0 aliphatic heterocycles. The van der Waals surface area contributed by atoms with Crippen LogP contribution in [0.25, 0.3) is 5.78 Å². The van der Waals surface area contributed by atoms with Crippen molar-refractivity contribution in [2.24, 2.45) is 7.05 Å². The highest BCUT2D eigenvalue weighted by Gasteiger charge is 2.22. The number of carbonyl (C=O) groups excluding carboxylic acids is 1. The first kappa shape index (κ1) is 20.5. The summed E-state index contributed by atoms with van der Waals surface area (Å²) in [7, 11) is 3.53. The predicted molar refractivity (Wildman–Crippen MR) is 115 cm³/mol. The maximum Gasteiger partial charge on any atom is 0.252 e. The smallest absolute Gasteiger partial charge is 0.252 e. The molecule has 0 aliphatic rings. The van der Waals surface area contributed by atoms with Crippen molar-refractivity contribution >= 4 is 11.7 Å². The number of aromatic nitrogens is 6. The van der Waals surface area contributed by atoms with Gasteiger partial charge in [-0.25, -0.2) is 14.5 Å². The molecule has 9 heteroatoms. The van der Waals surface area contributed by atoms with Crippen LogP contribution in [0.2, 0.25) is 0 Å². The number of amides is 1. The van der Waals surface area contributed by atoms with Crippen molar-refractivity contribution in [3.05, 3.63) is 71.3 Å². The number of aryl methyl sites for hydroxylation is 3. The predicted octanol–water partition coefficient (Wildman–Crippen LogP) is 2.32. The second-order valence-electron chi connectivity index (χ2n) is 7.41. The van der Waals surface area contributed by atoms with Gasteiger partial charge < -0.3 is 14.6 Å². The molecule has 1 N–H and O–H groups in total. The van der Waals surface area contributed by atoms with Crippen LogP contribution in [0.3, 0.4) is 0 Å². The van der Waals surface area contributed by atoms with E-state index in [0.717, 1.165) is 34.1 Å². The first-order valence-corrected chi connectivity index (χ1v) is 10.0. The van der Waals surface area contributed by atoms with Gasteiger partial charge in [-0.05, 0) is 43.5 Å². The average molecular weight is 419 g/mol. The van der Waals surface area contributed by atoms with Gasteiger partial charge >= 0.3 is 0 Å². The molecule has 4 aromatic rings. The number of hydrogen-bond acceptors (Lipinski definition) is 6. The molecule has 1 atom stereocenters. The number of nitrogens with zero attached hydrogens (tertiary/aromatic N) is 6. The Balaban J connectivity index is 1.55. The lowest BCUT2D eigenvalue weighted by atomic mass is 10.0. The fraction of sp³-hybridized carbons (Fsp3) is 0.318. The lowest BCUT2D eigenvalue weighted by Crippen LogP contribution is -2.31. The van der Waals surface area contributed by atoms with E-state index in [1.54, 1.807) is 17.8 Å². The summed E-state index contributed by atoms with van der Waals surface area (Å²) in [5.74, 6) is 1.97. The van der Waals surface area contributed by atoms with Crippen LogP contribution in [-0.4, -0.2) is 42.2 Å². The quantitative estimate of drug-likeness (QED) is 0.494. The Labute approximate surface area is 180 Å². The Morgan fingerprint density at radius 3 is 2.84 bits per heavy atom. The number of ether oxygens (including phenoxy) is 1. The maximum absolute atomic E-state index is 13.0. The van der Waals surface area contributed by atoms with E-state index in [9.17, 15) is 4.79 Å². The number of carbonyl (C=O) groups is 1. The zero-order valence-corrected chi connectivity index (χ0v) is 18.0. The van der Waals surface area contributed by atoms with Crippen molar-refractivity contribution in [2.75, 3.05) is 7.11 Å². The molecular formula is C22H25N7O2. The molecule has 3 heterocycles.